The largest absolute Gasteiger partial charge is 0.375 e. The average molecular weight is 378 g/mol. The standard InChI is InChI=1S/C17H27N3O2.2ClH/c1-14(10-18)11-19-17(21)9-16-13-20(7-8-22-16)12-15-5-3-2-4-6-15;;/h2-6,14,16H,7-13,18H2,1H3,(H,19,21);2*1H. The first kappa shape index (κ1) is 23.1. The maximum Gasteiger partial charge on any atom is 0.222 e. The molecule has 1 saturated heterocycles. The molecule has 2 unspecified atom stereocenters. The number of amides is 1. The van der Waals surface area contributed by atoms with Crippen molar-refractivity contribution in [2.24, 2.45) is 11.7 Å². The minimum atomic E-state index is -0.0226. The van der Waals surface area contributed by atoms with Crippen LogP contribution >= 0.6 is 24.8 Å². The van der Waals surface area contributed by atoms with E-state index in [1.807, 2.05) is 13.0 Å². The molecule has 24 heavy (non-hydrogen) atoms. The van der Waals surface area contributed by atoms with Crippen LogP contribution in [0, 0.1) is 5.92 Å². The number of nitrogens with zero attached hydrogens (tertiary/aromatic N) is 1. The molecule has 2 rings (SSSR count). The molecule has 1 aromatic carbocycles. The number of rotatable bonds is 7. The van der Waals surface area contributed by atoms with Gasteiger partial charge in [0, 0.05) is 26.2 Å². The Morgan fingerprint density at radius 1 is 1.38 bits per heavy atom. The first-order valence-corrected chi connectivity index (χ1v) is 8.02. The highest BCUT2D eigenvalue weighted by atomic mass is 35.5. The third-order valence-electron chi connectivity index (χ3n) is 3.94. The van der Waals surface area contributed by atoms with Crippen molar-refractivity contribution in [3.63, 3.8) is 0 Å². The van der Waals surface area contributed by atoms with E-state index in [0.29, 0.717) is 32.0 Å². The van der Waals surface area contributed by atoms with Gasteiger partial charge in [0.25, 0.3) is 0 Å². The topological polar surface area (TPSA) is 67.6 Å². The summed E-state index contributed by atoms with van der Waals surface area (Å²) >= 11 is 0. The highest BCUT2D eigenvalue weighted by molar-refractivity contribution is 5.85. The van der Waals surface area contributed by atoms with Crippen LogP contribution in [-0.2, 0) is 16.1 Å². The number of ether oxygens (including phenoxy) is 1. The van der Waals surface area contributed by atoms with E-state index in [-0.39, 0.29) is 36.8 Å². The van der Waals surface area contributed by atoms with Crippen LogP contribution in [-0.4, -0.2) is 49.7 Å². The van der Waals surface area contributed by atoms with Crippen molar-refractivity contribution in [1.82, 2.24) is 10.2 Å². The number of carbonyl (C=O) groups excluding carboxylic acids is 1. The predicted molar refractivity (Wildman–Crippen MR) is 102 cm³/mol. The zero-order valence-corrected chi connectivity index (χ0v) is 15.8. The molecule has 1 aromatic rings. The van der Waals surface area contributed by atoms with Crippen LogP contribution in [0.15, 0.2) is 30.3 Å². The predicted octanol–water partition coefficient (Wildman–Crippen LogP) is 1.83. The summed E-state index contributed by atoms with van der Waals surface area (Å²) in [7, 11) is 0. The van der Waals surface area contributed by atoms with Gasteiger partial charge < -0.3 is 15.8 Å². The van der Waals surface area contributed by atoms with E-state index in [9.17, 15) is 4.79 Å². The Bertz CT molecular complexity index is 462. The van der Waals surface area contributed by atoms with Gasteiger partial charge in [-0.3, -0.25) is 9.69 Å². The molecule has 1 heterocycles. The van der Waals surface area contributed by atoms with Gasteiger partial charge in [0.05, 0.1) is 19.1 Å². The fraction of sp³-hybridized carbons (Fsp3) is 0.588. The summed E-state index contributed by atoms with van der Waals surface area (Å²) in [6, 6.07) is 10.4. The van der Waals surface area contributed by atoms with Crippen molar-refractivity contribution in [3.05, 3.63) is 35.9 Å². The summed E-state index contributed by atoms with van der Waals surface area (Å²) in [5, 5.41) is 2.93. The molecule has 1 aliphatic heterocycles. The second kappa shape index (κ2) is 12.5. The van der Waals surface area contributed by atoms with E-state index in [1.165, 1.54) is 5.56 Å². The van der Waals surface area contributed by atoms with Crippen LogP contribution in [0.3, 0.4) is 0 Å². The lowest BCUT2D eigenvalue weighted by Gasteiger charge is -2.32. The maximum atomic E-state index is 11.9. The summed E-state index contributed by atoms with van der Waals surface area (Å²) in [5.74, 6) is 0.359. The van der Waals surface area contributed by atoms with Crippen LogP contribution in [0.5, 0.6) is 0 Å². The van der Waals surface area contributed by atoms with E-state index in [0.717, 1.165) is 19.6 Å². The molecule has 0 radical (unpaired) electrons. The Labute approximate surface area is 157 Å². The Morgan fingerprint density at radius 2 is 2.08 bits per heavy atom. The molecule has 3 N–H and O–H groups in total. The number of nitrogens with two attached hydrogens (primary N) is 1. The third-order valence-corrected chi connectivity index (χ3v) is 3.94. The van der Waals surface area contributed by atoms with Crippen LogP contribution in [0.2, 0.25) is 0 Å². The lowest BCUT2D eigenvalue weighted by Crippen LogP contribution is -2.44. The Kier molecular flexibility index (Phi) is 12.1. The second-order valence-electron chi connectivity index (χ2n) is 6.06. The lowest BCUT2D eigenvalue weighted by atomic mass is 10.1. The van der Waals surface area contributed by atoms with Crippen molar-refractivity contribution in [2.45, 2.75) is 26.0 Å². The molecule has 0 bridgehead atoms. The van der Waals surface area contributed by atoms with Gasteiger partial charge in [-0.15, -0.1) is 24.8 Å². The molecule has 1 fully saturated rings. The highest BCUT2D eigenvalue weighted by Crippen LogP contribution is 2.12. The van der Waals surface area contributed by atoms with Crippen molar-refractivity contribution in [2.75, 3.05) is 32.8 Å². The fourth-order valence-corrected chi connectivity index (χ4v) is 2.54. The Balaban J connectivity index is 0.00000264. The summed E-state index contributed by atoms with van der Waals surface area (Å²) in [5.41, 5.74) is 6.85. The third kappa shape index (κ3) is 8.31. The Hall–Kier alpha value is -0.850. The second-order valence-corrected chi connectivity index (χ2v) is 6.06. The molecule has 0 saturated carbocycles. The SMILES string of the molecule is CC(CN)CNC(=O)CC1CN(Cc2ccccc2)CCO1.Cl.Cl. The number of nitrogens with one attached hydrogen (secondary N) is 1. The quantitative estimate of drug-likeness (QED) is 0.760. The first-order valence-electron chi connectivity index (χ1n) is 8.02. The summed E-state index contributed by atoms with van der Waals surface area (Å²) in [4.78, 5) is 14.3. The van der Waals surface area contributed by atoms with Gasteiger partial charge in [-0.25, -0.2) is 0 Å². The van der Waals surface area contributed by atoms with Crippen LogP contribution in [0.25, 0.3) is 0 Å². The summed E-state index contributed by atoms with van der Waals surface area (Å²) in [6.45, 7) is 6.56. The average Bonchev–Trinajstić information content (AvgIpc) is 2.54. The van der Waals surface area contributed by atoms with Crippen LogP contribution in [0.4, 0.5) is 0 Å². The van der Waals surface area contributed by atoms with E-state index in [2.05, 4.69) is 34.5 Å². The smallest absolute Gasteiger partial charge is 0.222 e. The summed E-state index contributed by atoms with van der Waals surface area (Å²) in [6.07, 6.45) is 0.397. The van der Waals surface area contributed by atoms with Gasteiger partial charge in [-0.1, -0.05) is 37.3 Å². The number of hydrogen-bond donors (Lipinski definition) is 2. The van der Waals surface area contributed by atoms with Crippen molar-refractivity contribution >= 4 is 30.7 Å². The highest BCUT2D eigenvalue weighted by Gasteiger charge is 2.22. The minimum absolute atomic E-state index is 0. The van der Waals surface area contributed by atoms with Crippen molar-refractivity contribution in [3.8, 4) is 0 Å². The maximum absolute atomic E-state index is 11.9. The van der Waals surface area contributed by atoms with Gasteiger partial charge in [0.2, 0.25) is 5.91 Å². The number of halogens is 2. The van der Waals surface area contributed by atoms with Gasteiger partial charge in [-0.05, 0) is 18.0 Å². The fourth-order valence-electron chi connectivity index (χ4n) is 2.54. The lowest BCUT2D eigenvalue weighted by molar-refractivity contribution is -0.126. The number of morpholine rings is 1. The van der Waals surface area contributed by atoms with Gasteiger partial charge >= 0.3 is 0 Å². The van der Waals surface area contributed by atoms with E-state index in [1.54, 1.807) is 0 Å². The normalized spacial score (nSPS) is 18.8. The summed E-state index contributed by atoms with van der Waals surface area (Å²) < 4.78 is 5.72. The monoisotopic (exact) mass is 377 g/mol. The molecule has 0 aromatic heterocycles. The number of benzene rings is 1. The Morgan fingerprint density at radius 3 is 2.75 bits per heavy atom. The van der Waals surface area contributed by atoms with Gasteiger partial charge in [-0.2, -0.15) is 0 Å². The first-order chi connectivity index (χ1) is 10.7. The zero-order valence-electron chi connectivity index (χ0n) is 14.1. The minimum Gasteiger partial charge on any atom is -0.375 e. The molecule has 2 atom stereocenters. The van der Waals surface area contributed by atoms with Gasteiger partial charge in [0.15, 0.2) is 0 Å². The molecule has 0 spiro atoms. The molecule has 0 aliphatic carbocycles. The van der Waals surface area contributed by atoms with Crippen molar-refractivity contribution in [1.29, 1.82) is 0 Å². The van der Waals surface area contributed by atoms with Crippen LogP contribution < -0.4 is 11.1 Å². The van der Waals surface area contributed by atoms with E-state index in [4.69, 9.17) is 10.5 Å². The zero-order chi connectivity index (χ0) is 15.8. The molecule has 138 valence electrons. The number of hydrogen-bond acceptors (Lipinski definition) is 4. The molecular weight excluding hydrogens is 349 g/mol. The van der Waals surface area contributed by atoms with E-state index >= 15 is 0 Å². The van der Waals surface area contributed by atoms with Gasteiger partial charge in [0.1, 0.15) is 0 Å². The molecule has 1 amide bonds. The molecule has 5 nitrogen and oxygen atoms in total. The van der Waals surface area contributed by atoms with Crippen molar-refractivity contribution < 1.29 is 9.53 Å². The molecule has 1 aliphatic rings. The number of carbonyl (C=O) groups is 1. The molecule has 7 heteroatoms. The molecular formula is C17H29Cl2N3O2. The van der Waals surface area contributed by atoms with E-state index < -0.39 is 0 Å². The van der Waals surface area contributed by atoms with Crippen LogP contribution in [0.1, 0.15) is 18.9 Å².